The number of hydrogen-bond donors (Lipinski definition) is 1. The van der Waals surface area contributed by atoms with E-state index < -0.39 is 5.97 Å². The summed E-state index contributed by atoms with van der Waals surface area (Å²) in [7, 11) is 0. The number of benzene rings is 1. The number of piperazine rings is 1. The molecule has 1 N–H and O–H groups in total. The first-order valence-electron chi connectivity index (χ1n) is 12.3. The van der Waals surface area contributed by atoms with Crippen LogP contribution in [0.25, 0.3) is 0 Å². The molecule has 0 saturated carbocycles. The summed E-state index contributed by atoms with van der Waals surface area (Å²) in [5, 5.41) is 2.94. The number of hydrogen-bond acceptors (Lipinski definition) is 6. The predicted molar refractivity (Wildman–Crippen MR) is 134 cm³/mol. The summed E-state index contributed by atoms with van der Waals surface area (Å²) in [5.41, 5.74) is 2.68. The van der Waals surface area contributed by atoms with E-state index in [1.807, 2.05) is 38.1 Å². The molecule has 9 nitrogen and oxygen atoms in total. The molecule has 1 atom stereocenters. The molecule has 35 heavy (non-hydrogen) atoms. The van der Waals surface area contributed by atoms with Crippen molar-refractivity contribution < 1.29 is 19.1 Å². The summed E-state index contributed by atoms with van der Waals surface area (Å²) in [6.45, 7) is 10.6. The molecule has 1 saturated heterocycles. The average Bonchev–Trinajstić information content (AvgIpc) is 2.83. The van der Waals surface area contributed by atoms with Gasteiger partial charge in [0.05, 0.1) is 12.3 Å². The molecule has 1 aromatic heterocycles. The second-order valence-corrected chi connectivity index (χ2v) is 8.69. The van der Waals surface area contributed by atoms with Gasteiger partial charge < -0.3 is 19.9 Å². The Morgan fingerprint density at radius 1 is 1.09 bits per heavy atom. The molecule has 2 heterocycles. The Bertz CT molecular complexity index is 1070. The number of ether oxygens (including phenoxy) is 1. The third-order valence-electron chi connectivity index (χ3n) is 6.05. The van der Waals surface area contributed by atoms with Gasteiger partial charge in [0.25, 0.3) is 5.91 Å². The van der Waals surface area contributed by atoms with Crippen LogP contribution in [0.1, 0.15) is 72.0 Å². The van der Waals surface area contributed by atoms with Crippen molar-refractivity contribution in [3.63, 3.8) is 0 Å². The molecule has 2 aromatic rings. The minimum Gasteiger partial charge on any atom is -0.462 e. The van der Waals surface area contributed by atoms with Crippen molar-refractivity contribution in [2.24, 2.45) is 0 Å². The lowest BCUT2D eigenvalue weighted by Crippen LogP contribution is -2.56. The Labute approximate surface area is 206 Å². The highest BCUT2D eigenvalue weighted by molar-refractivity contribution is 6.04. The van der Waals surface area contributed by atoms with Crippen LogP contribution in [0.2, 0.25) is 0 Å². The van der Waals surface area contributed by atoms with E-state index in [1.165, 1.54) is 5.56 Å². The number of amides is 3. The van der Waals surface area contributed by atoms with Gasteiger partial charge in [-0.05, 0) is 51.3 Å². The zero-order chi connectivity index (χ0) is 25.5. The van der Waals surface area contributed by atoms with E-state index in [1.54, 1.807) is 23.6 Å². The van der Waals surface area contributed by atoms with Gasteiger partial charge in [0.15, 0.2) is 0 Å². The lowest BCUT2D eigenvalue weighted by Gasteiger charge is -2.39. The normalized spacial score (nSPS) is 15.6. The zero-order valence-corrected chi connectivity index (χ0v) is 21.3. The molecule has 1 aliphatic heterocycles. The Morgan fingerprint density at radius 3 is 2.40 bits per heavy atom. The SMILES string of the molecule is CCCc1nc(C)nc(C(=O)N2CCN(C(=O)Nc3ccc(CC)cc3)C(C)C2)c1C(=O)OCC. The number of nitrogens with one attached hydrogen (secondary N) is 1. The summed E-state index contributed by atoms with van der Waals surface area (Å²) in [5.74, 6) is -0.498. The second-order valence-electron chi connectivity index (χ2n) is 8.69. The molecular formula is C26H35N5O4. The maximum atomic E-state index is 13.5. The standard InChI is InChI=1S/C26H35N5O4/c1-6-9-21-22(25(33)35-8-3)23(28-18(5)27-21)24(32)30-14-15-31(17(4)16-30)26(34)29-20-12-10-19(7-2)11-13-20/h10-13,17H,6-9,14-16H2,1-5H3,(H,29,34). The van der Waals surface area contributed by atoms with E-state index in [4.69, 9.17) is 4.74 Å². The number of carbonyl (C=O) groups is 3. The molecule has 0 aliphatic carbocycles. The molecule has 1 unspecified atom stereocenters. The number of urea groups is 1. The van der Waals surface area contributed by atoms with Gasteiger partial charge in [0, 0.05) is 31.4 Å². The van der Waals surface area contributed by atoms with Crippen LogP contribution in [0.4, 0.5) is 10.5 Å². The van der Waals surface area contributed by atoms with Gasteiger partial charge in [0.1, 0.15) is 17.1 Å². The van der Waals surface area contributed by atoms with Crippen LogP contribution in [0.5, 0.6) is 0 Å². The highest BCUT2D eigenvalue weighted by Gasteiger charge is 2.34. The first kappa shape index (κ1) is 26.1. The Kier molecular flexibility index (Phi) is 8.78. The van der Waals surface area contributed by atoms with Crippen LogP contribution in [0, 0.1) is 6.92 Å². The van der Waals surface area contributed by atoms with Crippen LogP contribution in [0.15, 0.2) is 24.3 Å². The molecule has 9 heteroatoms. The molecule has 188 valence electrons. The molecule has 3 amide bonds. The summed E-state index contributed by atoms with van der Waals surface area (Å²) >= 11 is 0. The fraction of sp³-hybridized carbons (Fsp3) is 0.500. The molecule has 0 radical (unpaired) electrons. The number of esters is 1. The first-order valence-corrected chi connectivity index (χ1v) is 12.3. The Hall–Kier alpha value is -3.49. The van der Waals surface area contributed by atoms with Gasteiger partial charge in [-0.25, -0.2) is 19.6 Å². The van der Waals surface area contributed by atoms with Crippen molar-refractivity contribution in [2.45, 2.75) is 59.9 Å². The quantitative estimate of drug-likeness (QED) is 0.602. The average molecular weight is 482 g/mol. The predicted octanol–water partition coefficient (Wildman–Crippen LogP) is 3.86. The summed E-state index contributed by atoms with van der Waals surface area (Å²) in [4.78, 5) is 51.3. The van der Waals surface area contributed by atoms with Gasteiger partial charge >= 0.3 is 12.0 Å². The van der Waals surface area contributed by atoms with Crippen molar-refractivity contribution >= 4 is 23.6 Å². The summed E-state index contributed by atoms with van der Waals surface area (Å²) in [6, 6.07) is 7.35. The molecule has 1 fully saturated rings. The first-order chi connectivity index (χ1) is 16.8. The van der Waals surface area contributed by atoms with Crippen molar-refractivity contribution in [2.75, 3.05) is 31.6 Å². The van der Waals surface area contributed by atoms with Crippen LogP contribution in [-0.2, 0) is 17.6 Å². The van der Waals surface area contributed by atoms with Crippen LogP contribution in [0.3, 0.4) is 0 Å². The molecule has 3 rings (SSSR count). The van der Waals surface area contributed by atoms with Gasteiger partial charge in [0.2, 0.25) is 0 Å². The summed E-state index contributed by atoms with van der Waals surface area (Å²) in [6.07, 6.45) is 2.24. The maximum absolute atomic E-state index is 13.5. The monoisotopic (exact) mass is 481 g/mol. The van der Waals surface area contributed by atoms with Gasteiger partial charge in [-0.2, -0.15) is 0 Å². The van der Waals surface area contributed by atoms with Gasteiger partial charge in [-0.1, -0.05) is 32.4 Å². The van der Waals surface area contributed by atoms with Crippen LogP contribution < -0.4 is 5.32 Å². The topological polar surface area (TPSA) is 105 Å². The number of rotatable bonds is 7. The minimum atomic E-state index is -0.584. The van der Waals surface area contributed by atoms with E-state index in [0.29, 0.717) is 37.6 Å². The van der Waals surface area contributed by atoms with Gasteiger partial charge in [-0.3, -0.25) is 4.79 Å². The number of aromatic nitrogens is 2. The number of carbonyl (C=O) groups excluding carboxylic acids is 3. The summed E-state index contributed by atoms with van der Waals surface area (Å²) < 4.78 is 5.22. The third-order valence-corrected chi connectivity index (χ3v) is 6.05. The Balaban J connectivity index is 1.76. The number of aryl methyl sites for hydroxylation is 3. The minimum absolute atomic E-state index is 0.0699. The highest BCUT2D eigenvalue weighted by Crippen LogP contribution is 2.20. The fourth-order valence-corrected chi connectivity index (χ4v) is 4.23. The fourth-order valence-electron chi connectivity index (χ4n) is 4.23. The Morgan fingerprint density at radius 2 is 1.80 bits per heavy atom. The van der Waals surface area contributed by atoms with Gasteiger partial charge in [-0.15, -0.1) is 0 Å². The molecule has 1 aliphatic rings. The number of anilines is 1. The van der Waals surface area contributed by atoms with Crippen LogP contribution >= 0.6 is 0 Å². The number of nitrogens with zero attached hydrogens (tertiary/aromatic N) is 4. The van der Waals surface area contributed by atoms with E-state index in [-0.39, 0.29) is 35.8 Å². The lowest BCUT2D eigenvalue weighted by atomic mass is 10.1. The van der Waals surface area contributed by atoms with Crippen molar-refractivity contribution in [1.82, 2.24) is 19.8 Å². The molecule has 0 bridgehead atoms. The van der Waals surface area contributed by atoms with E-state index in [0.717, 1.165) is 18.5 Å². The van der Waals surface area contributed by atoms with E-state index in [2.05, 4.69) is 22.2 Å². The van der Waals surface area contributed by atoms with Crippen LogP contribution in [-0.4, -0.2) is 70.0 Å². The highest BCUT2D eigenvalue weighted by atomic mass is 16.5. The van der Waals surface area contributed by atoms with E-state index in [9.17, 15) is 14.4 Å². The van der Waals surface area contributed by atoms with Crippen molar-refractivity contribution in [3.8, 4) is 0 Å². The molecule has 0 spiro atoms. The van der Waals surface area contributed by atoms with E-state index >= 15 is 0 Å². The molecule has 1 aromatic carbocycles. The smallest absolute Gasteiger partial charge is 0.342 e. The second kappa shape index (κ2) is 11.8. The van der Waals surface area contributed by atoms with Crippen molar-refractivity contribution in [3.05, 3.63) is 52.6 Å². The lowest BCUT2D eigenvalue weighted by molar-refractivity contribution is 0.0502. The van der Waals surface area contributed by atoms with Crippen molar-refractivity contribution in [1.29, 1.82) is 0 Å². The maximum Gasteiger partial charge on any atom is 0.342 e. The molecular weight excluding hydrogens is 446 g/mol. The zero-order valence-electron chi connectivity index (χ0n) is 21.3. The largest absolute Gasteiger partial charge is 0.462 e. The third kappa shape index (κ3) is 6.15.